The normalized spacial score (nSPS) is 15.6. The summed E-state index contributed by atoms with van der Waals surface area (Å²) < 4.78 is 37.1. The van der Waals surface area contributed by atoms with E-state index in [-0.39, 0.29) is 5.88 Å². The van der Waals surface area contributed by atoms with Gasteiger partial charge in [-0.2, -0.15) is 0 Å². The summed E-state index contributed by atoms with van der Waals surface area (Å²) in [4.78, 5) is 1.92. The Morgan fingerprint density at radius 2 is 1.80 bits per heavy atom. The van der Waals surface area contributed by atoms with Crippen LogP contribution in [0.25, 0.3) is 11.3 Å². The molecule has 20 heavy (non-hydrogen) atoms. The van der Waals surface area contributed by atoms with Crippen LogP contribution in [0.5, 0.6) is 0 Å². The van der Waals surface area contributed by atoms with Crippen LogP contribution in [0, 0.1) is 11.6 Å². The lowest BCUT2D eigenvalue weighted by Gasteiger charge is -2.30. The fourth-order valence-corrected chi connectivity index (χ4v) is 2.22. The zero-order valence-corrected chi connectivity index (χ0v) is 10.6. The van der Waals surface area contributed by atoms with Gasteiger partial charge in [-0.1, -0.05) is 5.16 Å². The molecule has 0 spiro atoms. The number of benzene rings is 1. The number of hydrogen-bond acceptors (Lipinski definition) is 5. The van der Waals surface area contributed by atoms with Crippen molar-refractivity contribution < 1.29 is 18.0 Å². The third-order valence-electron chi connectivity index (χ3n) is 3.19. The Bertz CT molecular complexity index is 624. The van der Waals surface area contributed by atoms with Gasteiger partial charge in [0.2, 0.25) is 5.88 Å². The zero-order chi connectivity index (χ0) is 14.1. The van der Waals surface area contributed by atoms with Crippen molar-refractivity contribution in [2.24, 2.45) is 0 Å². The van der Waals surface area contributed by atoms with Crippen molar-refractivity contribution >= 4 is 11.6 Å². The highest BCUT2D eigenvalue weighted by molar-refractivity contribution is 5.77. The lowest BCUT2D eigenvalue weighted by Crippen LogP contribution is -2.36. The van der Waals surface area contributed by atoms with Crippen LogP contribution in [0.3, 0.4) is 0 Å². The van der Waals surface area contributed by atoms with Crippen LogP contribution in [0.15, 0.2) is 22.7 Å². The van der Waals surface area contributed by atoms with Gasteiger partial charge < -0.3 is 19.9 Å². The first kappa shape index (κ1) is 12.9. The summed E-state index contributed by atoms with van der Waals surface area (Å²) in [6.45, 7) is 2.29. The number of anilines is 2. The molecule has 0 unspecified atom stereocenters. The van der Waals surface area contributed by atoms with Crippen LogP contribution in [0.4, 0.5) is 20.4 Å². The number of halogens is 2. The molecule has 3 rings (SSSR count). The quantitative estimate of drug-likeness (QED) is 0.912. The second kappa shape index (κ2) is 5.09. The summed E-state index contributed by atoms with van der Waals surface area (Å²) in [7, 11) is 0. The molecule has 1 aliphatic heterocycles. The van der Waals surface area contributed by atoms with Gasteiger partial charge in [0.25, 0.3) is 0 Å². The number of rotatable bonds is 2. The third-order valence-corrected chi connectivity index (χ3v) is 3.19. The number of hydrogen-bond donors (Lipinski definition) is 1. The molecule has 0 bridgehead atoms. The van der Waals surface area contributed by atoms with E-state index in [1.807, 2.05) is 4.90 Å². The van der Waals surface area contributed by atoms with Crippen molar-refractivity contribution in [3.63, 3.8) is 0 Å². The maximum Gasteiger partial charge on any atom is 0.222 e. The van der Waals surface area contributed by atoms with Crippen LogP contribution < -0.4 is 10.6 Å². The second-order valence-corrected chi connectivity index (χ2v) is 4.50. The van der Waals surface area contributed by atoms with Crippen molar-refractivity contribution in [2.75, 3.05) is 36.9 Å². The van der Waals surface area contributed by atoms with Gasteiger partial charge in [0.15, 0.2) is 11.6 Å². The molecule has 2 heterocycles. The van der Waals surface area contributed by atoms with E-state index in [1.54, 1.807) is 0 Å². The molecule has 7 heteroatoms. The molecule has 1 aromatic heterocycles. The highest BCUT2D eigenvalue weighted by Gasteiger charge is 2.20. The van der Waals surface area contributed by atoms with Crippen LogP contribution in [0.2, 0.25) is 0 Å². The molecule has 0 atom stereocenters. The molecule has 2 N–H and O–H groups in total. The summed E-state index contributed by atoms with van der Waals surface area (Å²) in [5, 5.41) is 3.77. The lowest BCUT2D eigenvalue weighted by atomic mass is 10.1. The van der Waals surface area contributed by atoms with Crippen molar-refractivity contribution in [3.05, 3.63) is 29.8 Å². The Hall–Kier alpha value is -2.15. The van der Waals surface area contributed by atoms with Crippen LogP contribution in [-0.2, 0) is 4.74 Å². The molecule has 0 saturated carbocycles. The zero-order valence-electron chi connectivity index (χ0n) is 10.6. The average Bonchev–Trinajstić information content (AvgIpc) is 2.89. The Labute approximate surface area is 113 Å². The lowest BCUT2D eigenvalue weighted by molar-refractivity contribution is 0.122. The van der Waals surface area contributed by atoms with Crippen molar-refractivity contribution in [1.82, 2.24) is 5.16 Å². The molecule has 0 amide bonds. The Morgan fingerprint density at radius 1 is 1.10 bits per heavy atom. The first-order chi connectivity index (χ1) is 9.65. The van der Waals surface area contributed by atoms with Crippen molar-refractivity contribution in [2.45, 2.75) is 0 Å². The summed E-state index contributed by atoms with van der Waals surface area (Å²) in [5.74, 6) is -1.71. The molecule has 106 valence electrons. The number of aromatic nitrogens is 1. The van der Waals surface area contributed by atoms with Gasteiger partial charge in [0.05, 0.1) is 13.2 Å². The van der Waals surface area contributed by atoms with Gasteiger partial charge in [-0.15, -0.1) is 0 Å². The molecule has 5 nitrogen and oxygen atoms in total. The van der Waals surface area contributed by atoms with Gasteiger partial charge >= 0.3 is 0 Å². The summed E-state index contributed by atoms with van der Waals surface area (Å²) in [5.41, 5.74) is 6.87. The van der Waals surface area contributed by atoms with Gasteiger partial charge in [-0.05, 0) is 6.07 Å². The first-order valence-corrected chi connectivity index (χ1v) is 6.19. The van der Waals surface area contributed by atoms with Crippen LogP contribution >= 0.6 is 0 Å². The largest absolute Gasteiger partial charge is 0.378 e. The molecule has 1 aliphatic rings. The van der Waals surface area contributed by atoms with Gasteiger partial charge in [0.1, 0.15) is 5.69 Å². The maximum absolute atomic E-state index is 13.5. The predicted octanol–water partition coefficient (Wildman–Crippen LogP) is 2.04. The Balaban J connectivity index is 2.08. The predicted molar refractivity (Wildman–Crippen MR) is 69.3 cm³/mol. The van der Waals surface area contributed by atoms with Crippen LogP contribution in [-0.4, -0.2) is 31.5 Å². The maximum atomic E-state index is 13.5. The molecule has 0 aliphatic carbocycles. The minimum atomic E-state index is -0.932. The number of nitrogen functional groups attached to an aromatic ring is 1. The summed E-state index contributed by atoms with van der Waals surface area (Å²) >= 11 is 0. The summed E-state index contributed by atoms with van der Waals surface area (Å²) in [6.07, 6.45) is 0. The van der Waals surface area contributed by atoms with Gasteiger partial charge in [0, 0.05) is 36.5 Å². The fourth-order valence-electron chi connectivity index (χ4n) is 2.22. The van der Waals surface area contributed by atoms with E-state index in [0.29, 0.717) is 43.2 Å². The number of morpholine rings is 1. The van der Waals surface area contributed by atoms with E-state index in [9.17, 15) is 8.78 Å². The summed E-state index contributed by atoms with van der Waals surface area (Å²) in [6, 6.07) is 3.76. The number of nitrogens with zero attached hydrogens (tertiary/aromatic N) is 2. The number of ether oxygens (including phenoxy) is 1. The SMILES string of the molecule is Nc1cc(-c2cc(F)c(F)cc2N2CCOCC2)no1. The topological polar surface area (TPSA) is 64.5 Å². The smallest absolute Gasteiger partial charge is 0.222 e. The molecule has 1 saturated heterocycles. The van der Waals surface area contributed by atoms with E-state index in [1.165, 1.54) is 12.1 Å². The molecular weight excluding hydrogens is 268 g/mol. The highest BCUT2D eigenvalue weighted by atomic mass is 19.2. The van der Waals surface area contributed by atoms with Gasteiger partial charge in [-0.3, -0.25) is 0 Å². The highest BCUT2D eigenvalue weighted by Crippen LogP contribution is 2.33. The van der Waals surface area contributed by atoms with E-state index in [0.717, 1.165) is 6.07 Å². The van der Waals surface area contributed by atoms with E-state index in [4.69, 9.17) is 15.0 Å². The Kier molecular flexibility index (Phi) is 3.27. The monoisotopic (exact) mass is 281 g/mol. The minimum absolute atomic E-state index is 0.123. The minimum Gasteiger partial charge on any atom is -0.378 e. The molecule has 0 radical (unpaired) electrons. The average molecular weight is 281 g/mol. The van der Waals surface area contributed by atoms with E-state index in [2.05, 4.69) is 5.16 Å². The van der Waals surface area contributed by atoms with Gasteiger partial charge in [-0.25, -0.2) is 8.78 Å². The van der Waals surface area contributed by atoms with E-state index < -0.39 is 11.6 Å². The third kappa shape index (κ3) is 2.32. The van der Waals surface area contributed by atoms with Crippen molar-refractivity contribution in [3.8, 4) is 11.3 Å². The van der Waals surface area contributed by atoms with Crippen LogP contribution in [0.1, 0.15) is 0 Å². The Morgan fingerprint density at radius 3 is 2.45 bits per heavy atom. The first-order valence-electron chi connectivity index (χ1n) is 6.19. The molecular formula is C13H13F2N3O2. The molecule has 2 aromatic rings. The van der Waals surface area contributed by atoms with Crippen molar-refractivity contribution in [1.29, 1.82) is 0 Å². The standard InChI is InChI=1S/C13H13F2N3O2/c14-9-5-8(11-7-13(16)20-17-11)12(6-10(9)15)18-1-3-19-4-2-18/h5-7H,1-4,16H2. The number of nitrogens with two attached hydrogens (primary N) is 1. The molecule has 1 aromatic carbocycles. The fraction of sp³-hybridized carbons (Fsp3) is 0.308. The second-order valence-electron chi connectivity index (χ2n) is 4.50. The van der Waals surface area contributed by atoms with E-state index >= 15 is 0 Å². The molecule has 1 fully saturated rings.